The molecule has 0 unspecified atom stereocenters. The van der Waals surface area contributed by atoms with Gasteiger partial charge in [0.25, 0.3) is 5.78 Å². The molecule has 2 rings (SSSR count). The van der Waals surface area contributed by atoms with Crippen LogP contribution in [0.2, 0.25) is 0 Å². The fourth-order valence-electron chi connectivity index (χ4n) is 1.71. The smallest absolute Gasteiger partial charge is 0.455 e. The second kappa shape index (κ2) is 6.83. The Morgan fingerprint density at radius 3 is 2.14 bits per heavy atom. The van der Waals surface area contributed by atoms with Crippen LogP contribution in [0.5, 0.6) is 0 Å². The number of Topliss-reactive ketones (excluding diaryl/α,β-unsaturated/α-hetero) is 1. The van der Waals surface area contributed by atoms with Gasteiger partial charge in [-0.25, -0.2) is 4.79 Å². The van der Waals surface area contributed by atoms with Crippen LogP contribution in [-0.4, -0.2) is 28.9 Å². The van der Waals surface area contributed by atoms with Gasteiger partial charge in [-0.15, -0.1) is 0 Å². The lowest BCUT2D eigenvalue weighted by Crippen LogP contribution is -2.30. The number of esters is 1. The van der Waals surface area contributed by atoms with Crippen molar-refractivity contribution < 1.29 is 24.4 Å². The van der Waals surface area contributed by atoms with Gasteiger partial charge in [0.05, 0.1) is 0 Å². The van der Waals surface area contributed by atoms with Gasteiger partial charge in [0.1, 0.15) is 6.61 Å². The molecule has 0 radical (unpaired) electrons. The number of benzene rings is 2. The Kier molecular flexibility index (Phi) is 4.87. The van der Waals surface area contributed by atoms with Gasteiger partial charge < -0.3 is 14.8 Å². The van der Waals surface area contributed by atoms with Crippen molar-refractivity contribution in [2.45, 2.75) is 6.61 Å². The highest BCUT2D eigenvalue weighted by atomic mass is 16.5. The number of carbonyl (C=O) groups excluding carboxylic acids is 2. The summed E-state index contributed by atoms with van der Waals surface area (Å²) in [5.41, 5.74) is 1.17. The van der Waals surface area contributed by atoms with Gasteiger partial charge in [-0.05, 0) is 11.0 Å². The highest BCUT2D eigenvalue weighted by molar-refractivity contribution is 6.58. The van der Waals surface area contributed by atoms with E-state index in [1.54, 1.807) is 12.1 Å². The summed E-state index contributed by atoms with van der Waals surface area (Å²) in [6, 6.07) is 14.5. The first kappa shape index (κ1) is 15.0. The lowest BCUT2D eigenvalue weighted by atomic mass is 9.80. The Hall–Kier alpha value is -2.44. The molecule has 2 aromatic carbocycles. The van der Waals surface area contributed by atoms with E-state index in [2.05, 4.69) is 0 Å². The van der Waals surface area contributed by atoms with Crippen molar-refractivity contribution in [3.05, 3.63) is 65.7 Å². The van der Waals surface area contributed by atoms with Gasteiger partial charge in [0.15, 0.2) is 0 Å². The molecule has 2 aromatic rings. The lowest BCUT2D eigenvalue weighted by molar-refractivity contribution is -0.139. The molecule has 6 heteroatoms. The summed E-state index contributed by atoms with van der Waals surface area (Å²) in [7, 11) is -1.61. The van der Waals surface area contributed by atoms with E-state index in [1.807, 2.05) is 18.2 Å². The van der Waals surface area contributed by atoms with Gasteiger partial charge in [-0.3, -0.25) is 4.79 Å². The third kappa shape index (κ3) is 4.01. The van der Waals surface area contributed by atoms with Crippen LogP contribution < -0.4 is 5.46 Å². The molecule has 106 valence electrons. The predicted molar refractivity (Wildman–Crippen MR) is 76.8 cm³/mol. The zero-order valence-electron chi connectivity index (χ0n) is 11.1. The van der Waals surface area contributed by atoms with Gasteiger partial charge in [-0.1, -0.05) is 54.6 Å². The first-order chi connectivity index (χ1) is 10.1. The Bertz CT molecular complexity index is 622. The number of rotatable bonds is 5. The van der Waals surface area contributed by atoms with Crippen LogP contribution in [0.1, 0.15) is 15.9 Å². The fourth-order valence-corrected chi connectivity index (χ4v) is 1.71. The molecule has 0 saturated heterocycles. The summed E-state index contributed by atoms with van der Waals surface area (Å²) in [5, 5.41) is 17.9. The van der Waals surface area contributed by atoms with Crippen molar-refractivity contribution in [2.75, 3.05) is 0 Å². The zero-order valence-corrected chi connectivity index (χ0v) is 11.1. The highest BCUT2D eigenvalue weighted by Gasteiger charge is 2.19. The summed E-state index contributed by atoms with van der Waals surface area (Å²) >= 11 is 0. The van der Waals surface area contributed by atoms with Crippen LogP contribution in [-0.2, 0) is 16.1 Å². The summed E-state index contributed by atoms with van der Waals surface area (Å²) in [6.45, 7) is 0.0266. The topological polar surface area (TPSA) is 83.8 Å². The van der Waals surface area contributed by atoms with Gasteiger partial charge in [0, 0.05) is 5.56 Å². The fraction of sp³-hybridized carbons (Fsp3) is 0.0667. The summed E-state index contributed by atoms with van der Waals surface area (Å²) < 4.78 is 4.93. The van der Waals surface area contributed by atoms with E-state index in [-0.39, 0.29) is 17.6 Å². The van der Waals surface area contributed by atoms with Crippen LogP contribution in [0.15, 0.2) is 54.6 Å². The molecular formula is C15H13BO5. The van der Waals surface area contributed by atoms with Crippen molar-refractivity contribution in [3.8, 4) is 0 Å². The molecular weight excluding hydrogens is 271 g/mol. The Balaban J connectivity index is 1.97. The first-order valence-electron chi connectivity index (χ1n) is 6.29. The number of ether oxygens (including phenoxy) is 1. The number of ketones is 1. The predicted octanol–water partition coefficient (Wildman–Crippen LogP) is 0.292. The van der Waals surface area contributed by atoms with E-state index in [1.165, 1.54) is 24.3 Å². The average molecular weight is 284 g/mol. The molecule has 2 N–H and O–H groups in total. The Morgan fingerprint density at radius 2 is 1.57 bits per heavy atom. The van der Waals surface area contributed by atoms with Gasteiger partial charge >= 0.3 is 13.1 Å². The van der Waals surface area contributed by atoms with Crippen LogP contribution >= 0.6 is 0 Å². The third-order valence-electron chi connectivity index (χ3n) is 2.87. The summed E-state index contributed by atoms with van der Waals surface area (Å²) in [5.74, 6) is -1.72. The normalized spacial score (nSPS) is 10.0. The van der Waals surface area contributed by atoms with E-state index in [4.69, 9.17) is 14.8 Å². The van der Waals surface area contributed by atoms with Gasteiger partial charge in [-0.2, -0.15) is 0 Å². The van der Waals surface area contributed by atoms with Crippen molar-refractivity contribution in [1.82, 2.24) is 0 Å². The minimum atomic E-state index is -1.61. The zero-order chi connectivity index (χ0) is 15.2. The van der Waals surface area contributed by atoms with E-state index in [0.29, 0.717) is 0 Å². The molecule has 0 aromatic heterocycles. The minimum Gasteiger partial charge on any atom is -0.455 e. The molecule has 0 aliphatic heterocycles. The first-order valence-corrected chi connectivity index (χ1v) is 6.29. The average Bonchev–Trinajstić information content (AvgIpc) is 2.53. The van der Waals surface area contributed by atoms with E-state index in [9.17, 15) is 9.59 Å². The second-order valence-corrected chi connectivity index (χ2v) is 4.39. The van der Waals surface area contributed by atoms with E-state index in [0.717, 1.165) is 5.56 Å². The molecule has 0 spiro atoms. The SMILES string of the molecule is O=C(OCc1ccccc1)C(=O)c1ccc(B(O)O)cc1. The molecule has 0 amide bonds. The van der Waals surface area contributed by atoms with Crippen molar-refractivity contribution in [3.63, 3.8) is 0 Å². The monoisotopic (exact) mass is 284 g/mol. The van der Waals surface area contributed by atoms with Crippen LogP contribution in [0.3, 0.4) is 0 Å². The largest absolute Gasteiger partial charge is 0.488 e. The number of hydrogen-bond acceptors (Lipinski definition) is 5. The molecule has 5 nitrogen and oxygen atoms in total. The van der Waals surface area contributed by atoms with Crippen molar-refractivity contribution in [1.29, 1.82) is 0 Å². The van der Waals surface area contributed by atoms with Gasteiger partial charge in [0.2, 0.25) is 0 Å². The number of hydrogen-bond donors (Lipinski definition) is 2. The maximum Gasteiger partial charge on any atom is 0.488 e. The number of carbonyl (C=O) groups is 2. The maximum absolute atomic E-state index is 11.8. The molecule has 0 fully saturated rings. The molecule has 0 aliphatic carbocycles. The quantitative estimate of drug-likeness (QED) is 0.357. The standard InChI is InChI=1S/C15H13BO5/c17-14(12-6-8-13(9-7-12)16(19)20)15(18)21-10-11-4-2-1-3-5-11/h1-9,19-20H,10H2. The van der Waals surface area contributed by atoms with Crippen molar-refractivity contribution >= 4 is 24.3 Å². The third-order valence-corrected chi connectivity index (χ3v) is 2.87. The molecule has 0 atom stereocenters. The minimum absolute atomic E-state index is 0.0266. The van der Waals surface area contributed by atoms with Crippen LogP contribution in [0, 0.1) is 0 Å². The molecule has 0 aliphatic rings. The molecule has 0 saturated carbocycles. The maximum atomic E-state index is 11.8. The highest BCUT2D eigenvalue weighted by Crippen LogP contribution is 2.04. The van der Waals surface area contributed by atoms with Crippen molar-refractivity contribution in [2.24, 2.45) is 0 Å². The molecule has 0 bridgehead atoms. The van der Waals surface area contributed by atoms with Crippen LogP contribution in [0.25, 0.3) is 0 Å². The van der Waals surface area contributed by atoms with E-state index >= 15 is 0 Å². The van der Waals surface area contributed by atoms with E-state index < -0.39 is 18.9 Å². The van der Waals surface area contributed by atoms with Crippen LogP contribution in [0.4, 0.5) is 0 Å². The Labute approximate surface area is 122 Å². The Morgan fingerprint density at radius 1 is 0.952 bits per heavy atom. The summed E-state index contributed by atoms with van der Waals surface area (Å²) in [4.78, 5) is 23.5. The molecule has 0 heterocycles. The second-order valence-electron chi connectivity index (χ2n) is 4.39. The summed E-state index contributed by atoms with van der Waals surface area (Å²) in [6.07, 6.45) is 0. The molecule has 21 heavy (non-hydrogen) atoms. The lowest BCUT2D eigenvalue weighted by Gasteiger charge is -2.05.